The Morgan fingerprint density at radius 3 is 2.56 bits per heavy atom. The summed E-state index contributed by atoms with van der Waals surface area (Å²) in [5.41, 5.74) is 2.41. The topological polar surface area (TPSA) is 28.5 Å². The number of pyridine rings is 1. The van der Waals surface area contributed by atoms with Crippen molar-refractivity contribution in [2.45, 2.75) is 26.7 Å². The maximum atomic E-state index is 4.51. The summed E-state index contributed by atoms with van der Waals surface area (Å²) in [7, 11) is 0. The summed E-state index contributed by atoms with van der Waals surface area (Å²) in [5, 5.41) is 0. The summed E-state index contributed by atoms with van der Waals surface area (Å²) in [6.07, 6.45) is 4.25. The van der Waals surface area contributed by atoms with E-state index in [-0.39, 0.29) is 0 Å². The average Bonchev–Trinajstić information content (AvgIpc) is 2.85. The molecule has 1 aromatic rings. The third kappa shape index (κ3) is 2.23. The molecular formula is C13H19N3. The van der Waals surface area contributed by atoms with Gasteiger partial charge in [-0.25, -0.2) is 4.98 Å². The fourth-order valence-electron chi connectivity index (χ4n) is 2.07. The van der Waals surface area contributed by atoms with E-state index < -0.39 is 0 Å². The van der Waals surface area contributed by atoms with Crippen LogP contribution in [0.1, 0.15) is 32.3 Å². The molecule has 2 heterocycles. The molecule has 0 aromatic carbocycles. The second-order valence-corrected chi connectivity index (χ2v) is 4.01. The lowest BCUT2D eigenvalue weighted by molar-refractivity contribution is 0.846. The SMILES string of the molecule is CCN(CC)c1ccc(C2=NCCC2)cn1. The number of nitrogens with zero attached hydrogens (tertiary/aromatic N) is 3. The maximum absolute atomic E-state index is 4.51. The molecule has 1 aliphatic rings. The Morgan fingerprint density at radius 2 is 2.06 bits per heavy atom. The van der Waals surface area contributed by atoms with E-state index in [1.54, 1.807) is 0 Å². The summed E-state index contributed by atoms with van der Waals surface area (Å²) in [5.74, 6) is 1.06. The minimum absolute atomic E-state index is 0.979. The van der Waals surface area contributed by atoms with Gasteiger partial charge in [0.2, 0.25) is 0 Å². The first-order chi connectivity index (χ1) is 7.85. The van der Waals surface area contributed by atoms with E-state index in [0.717, 1.165) is 31.9 Å². The molecule has 0 fully saturated rings. The Morgan fingerprint density at radius 1 is 1.25 bits per heavy atom. The van der Waals surface area contributed by atoms with Crippen LogP contribution in [0.4, 0.5) is 5.82 Å². The maximum Gasteiger partial charge on any atom is 0.128 e. The highest BCUT2D eigenvalue weighted by Crippen LogP contribution is 2.15. The van der Waals surface area contributed by atoms with Crippen molar-refractivity contribution in [2.24, 2.45) is 4.99 Å². The number of aliphatic imine (C=N–C) groups is 1. The number of rotatable bonds is 4. The quantitative estimate of drug-likeness (QED) is 0.775. The molecule has 0 saturated carbocycles. The summed E-state index contributed by atoms with van der Waals surface area (Å²) >= 11 is 0. The van der Waals surface area contributed by atoms with Crippen LogP contribution in [0.15, 0.2) is 23.3 Å². The Hall–Kier alpha value is -1.38. The highest BCUT2D eigenvalue weighted by atomic mass is 15.2. The van der Waals surface area contributed by atoms with Crippen molar-refractivity contribution >= 4 is 11.5 Å². The zero-order valence-electron chi connectivity index (χ0n) is 10.1. The molecule has 0 unspecified atom stereocenters. The standard InChI is InChI=1S/C13H19N3/c1-3-16(4-2)13-8-7-11(10-15-13)12-6-5-9-14-12/h7-8,10H,3-6,9H2,1-2H3. The Labute approximate surface area is 97.2 Å². The first-order valence-electron chi connectivity index (χ1n) is 6.09. The molecule has 3 heteroatoms. The fraction of sp³-hybridized carbons (Fsp3) is 0.538. The van der Waals surface area contributed by atoms with Gasteiger partial charge in [0, 0.05) is 37.1 Å². The van der Waals surface area contributed by atoms with E-state index in [2.05, 4.69) is 40.9 Å². The highest BCUT2D eigenvalue weighted by Gasteiger charge is 2.10. The molecule has 86 valence electrons. The second kappa shape index (κ2) is 5.10. The number of hydrogen-bond donors (Lipinski definition) is 0. The van der Waals surface area contributed by atoms with Crippen molar-refractivity contribution in [2.75, 3.05) is 24.5 Å². The molecule has 0 spiro atoms. The van der Waals surface area contributed by atoms with E-state index in [0.29, 0.717) is 0 Å². The second-order valence-electron chi connectivity index (χ2n) is 4.01. The van der Waals surface area contributed by atoms with E-state index >= 15 is 0 Å². The minimum Gasteiger partial charge on any atom is -0.357 e. The van der Waals surface area contributed by atoms with Gasteiger partial charge in [-0.05, 0) is 38.8 Å². The summed E-state index contributed by atoms with van der Waals surface area (Å²) < 4.78 is 0. The largest absolute Gasteiger partial charge is 0.357 e. The summed E-state index contributed by atoms with van der Waals surface area (Å²) in [6.45, 7) is 7.29. The minimum atomic E-state index is 0.979. The molecule has 0 atom stereocenters. The van der Waals surface area contributed by atoms with Crippen molar-refractivity contribution in [3.05, 3.63) is 23.9 Å². The number of aromatic nitrogens is 1. The predicted octanol–water partition coefficient (Wildman–Crippen LogP) is 2.51. The molecule has 0 N–H and O–H groups in total. The van der Waals surface area contributed by atoms with E-state index in [9.17, 15) is 0 Å². The van der Waals surface area contributed by atoms with Gasteiger partial charge >= 0.3 is 0 Å². The van der Waals surface area contributed by atoms with Crippen molar-refractivity contribution in [3.63, 3.8) is 0 Å². The number of anilines is 1. The van der Waals surface area contributed by atoms with E-state index in [1.165, 1.54) is 17.7 Å². The van der Waals surface area contributed by atoms with Crippen LogP contribution in [0.2, 0.25) is 0 Å². The van der Waals surface area contributed by atoms with Gasteiger partial charge < -0.3 is 4.90 Å². The summed E-state index contributed by atoms with van der Waals surface area (Å²) in [6, 6.07) is 4.24. The normalized spacial score (nSPS) is 15.0. The fourth-order valence-corrected chi connectivity index (χ4v) is 2.07. The predicted molar refractivity (Wildman–Crippen MR) is 68.4 cm³/mol. The van der Waals surface area contributed by atoms with Gasteiger partial charge in [-0.1, -0.05) is 0 Å². The van der Waals surface area contributed by atoms with Crippen LogP contribution in [0.3, 0.4) is 0 Å². The van der Waals surface area contributed by atoms with Crippen molar-refractivity contribution < 1.29 is 0 Å². The van der Waals surface area contributed by atoms with Crippen LogP contribution < -0.4 is 4.90 Å². The van der Waals surface area contributed by atoms with E-state index in [1.807, 2.05) is 6.20 Å². The zero-order chi connectivity index (χ0) is 11.4. The monoisotopic (exact) mass is 217 g/mol. The van der Waals surface area contributed by atoms with Crippen LogP contribution in [0, 0.1) is 0 Å². The van der Waals surface area contributed by atoms with Crippen LogP contribution >= 0.6 is 0 Å². The van der Waals surface area contributed by atoms with Gasteiger partial charge in [-0.3, -0.25) is 4.99 Å². The molecule has 0 amide bonds. The lowest BCUT2D eigenvalue weighted by atomic mass is 10.1. The molecule has 1 aliphatic heterocycles. The Balaban J connectivity index is 2.15. The Kier molecular flexibility index (Phi) is 3.54. The zero-order valence-corrected chi connectivity index (χ0v) is 10.1. The molecule has 2 rings (SSSR count). The molecule has 0 saturated heterocycles. The molecule has 3 nitrogen and oxygen atoms in total. The van der Waals surface area contributed by atoms with Gasteiger partial charge in [0.05, 0.1) is 0 Å². The van der Waals surface area contributed by atoms with Crippen LogP contribution in [-0.2, 0) is 0 Å². The molecule has 0 radical (unpaired) electrons. The average molecular weight is 217 g/mol. The molecular weight excluding hydrogens is 198 g/mol. The third-order valence-electron chi connectivity index (χ3n) is 3.04. The van der Waals surface area contributed by atoms with Crippen LogP contribution in [0.5, 0.6) is 0 Å². The number of hydrogen-bond acceptors (Lipinski definition) is 3. The van der Waals surface area contributed by atoms with Crippen molar-refractivity contribution in [1.82, 2.24) is 4.98 Å². The van der Waals surface area contributed by atoms with E-state index in [4.69, 9.17) is 0 Å². The first-order valence-corrected chi connectivity index (χ1v) is 6.09. The van der Waals surface area contributed by atoms with Gasteiger partial charge in [0.1, 0.15) is 5.82 Å². The van der Waals surface area contributed by atoms with Gasteiger partial charge in [-0.2, -0.15) is 0 Å². The van der Waals surface area contributed by atoms with Gasteiger partial charge in [0.15, 0.2) is 0 Å². The summed E-state index contributed by atoms with van der Waals surface area (Å²) in [4.78, 5) is 11.2. The molecule has 1 aromatic heterocycles. The lowest BCUT2D eigenvalue weighted by Crippen LogP contribution is -2.22. The van der Waals surface area contributed by atoms with Gasteiger partial charge in [-0.15, -0.1) is 0 Å². The van der Waals surface area contributed by atoms with Crippen molar-refractivity contribution in [3.8, 4) is 0 Å². The van der Waals surface area contributed by atoms with Crippen LogP contribution in [0.25, 0.3) is 0 Å². The van der Waals surface area contributed by atoms with Crippen LogP contribution in [-0.4, -0.2) is 30.3 Å². The highest BCUT2D eigenvalue weighted by molar-refractivity contribution is 6.01. The third-order valence-corrected chi connectivity index (χ3v) is 3.04. The smallest absolute Gasteiger partial charge is 0.128 e. The Bertz CT molecular complexity index is 363. The molecule has 0 bridgehead atoms. The first kappa shape index (κ1) is 11.1. The van der Waals surface area contributed by atoms with Crippen molar-refractivity contribution in [1.29, 1.82) is 0 Å². The molecule has 0 aliphatic carbocycles. The lowest BCUT2D eigenvalue weighted by Gasteiger charge is -2.19. The molecule has 16 heavy (non-hydrogen) atoms. The van der Waals surface area contributed by atoms with Gasteiger partial charge in [0.25, 0.3) is 0 Å².